The number of carbonyl (C=O) groups is 3. The maximum atomic E-state index is 14.3. The molecule has 0 spiro atoms. The number of nitrogens with zero attached hydrogens (tertiary/aromatic N) is 1. The monoisotopic (exact) mass is 482 g/mol. The van der Waals surface area contributed by atoms with Gasteiger partial charge >= 0.3 is 5.97 Å². The lowest BCUT2D eigenvalue weighted by molar-refractivity contribution is -0.114. The molecular formula is C25H23FN2O5S. The van der Waals surface area contributed by atoms with Crippen LogP contribution in [0.1, 0.15) is 27.0 Å². The molecule has 1 aliphatic rings. The van der Waals surface area contributed by atoms with Gasteiger partial charge in [-0.2, -0.15) is 0 Å². The van der Waals surface area contributed by atoms with E-state index in [9.17, 15) is 18.8 Å². The van der Waals surface area contributed by atoms with Crippen LogP contribution in [0.2, 0.25) is 0 Å². The van der Waals surface area contributed by atoms with Gasteiger partial charge in [0.05, 0.1) is 23.8 Å². The SMILES string of the molecule is CC(=O)Nc1ccc(C(=O)COC(=O)c2cc(-c3ccccc3)c(N3CCOCC3)s2)c(F)c1. The van der Waals surface area contributed by atoms with E-state index in [0.29, 0.717) is 31.2 Å². The first-order valence-corrected chi connectivity index (χ1v) is 11.5. The highest BCUT2D eigenvalue weighted by molar-refractivity contribution is 7.18. The third kappa shape index (κ3) is 5.49. The molecule has 0 radical (unpaired) electrons. The van der Waals surface area contributed by atoms with E-state index in [1.807, 2.05) is 30.3 Å². The van der Waals surface area contributed by atoms with Gasteiger partial charge in [-0.3, -0.25) is 9.59 Å². The lowest BCUT2D eigenvalue weighted by atomic mass is 10.1. The van der Waals surface area contributed by atoms with Gasteiger partial charge in [0, 0.05) is 31.3 Å². The molecule has 3 aromatic rings. The van der Waals surface area contributed by atoms with Crippen LogP contribution in [-0.2, 0) is 14.3 Å². The fourth-order valence-electron chi connectivity index (χ4n) is 3.61. The van der Waals surface area contributed by atoms with Crippen molar-refractivity contribution in [1.29, 1.82) is 0 Å². The zero-order chi connectivity index (χ0) is 24.1. The van der Waals surface area contributed by atoms with Crippen LogP contribution in [0.25, 0.3) is 11.1 Å². The smallest absolute Gasteiger partial charge is 0.348 e. The lowest BCUT2D eigenvalue weighted by Gasteiger charge is -2.28. The van der Waals surface area contributed by atoms with Crippen LogP contribution in [0.5, 0.6) is 0 Å². The Morgan fingerprint density at radius 3 is 2.50 bits per heavy atom. The van der Waals surface area contributed by atoms with Gasteiger partial charge in [-0.25, -0.2) is 9.18 Å². The molecule has 9 heteroatoms. The largest absolute Gasteiger partial charge is 0.453 e. The van der Waals surface area contributed by atoms with Crippen LogP contribution < -0.4 is 10.2 Å². The third-order valence-electron chi connectivity index (χ3n) is 5.22. The van der Waals surface area contributed by atoms with Crippen molar-refractivity contribution in [2.24, 2.45) is 0 Å². The Hall–Kier alpha value is -3.56. The van der Waals surface area contributed by atoms with Gasteiger partial charge < -0.3 is 19.7 Å². The van der Waals surface area contributed by atoms with Crippen LogP contribution >= 0.6 is 11.3 Å². The van der Waals surface area contributed by atoms with Crippen molar-refractivity contribution in [2.45, 2.75) is 6.92 Å². The summed E-state index contributed by atoms with van der Waals surface area (Å²) in [7, 11) is 0. The van der Waals surface area contributed by atoms with Gasteiger partial charge in [0.15, 0.2) is 6.61 Å². The standard InChI is InChI=1S/C25H23FN2O5S/c1-16(29)27-18-7-8-19(21(26)13-18)22(30)15-33-25(31)23-14-20(17-5-3-2-4-6-17)24(34-23)28-9-11-32-12-10-28/h2-8,13-14H,9-12,15H2,1H3,(H,27,29). The number of nitrogens with one attached hydrogen (secondary N) is 1. The first-order chi connectivity index (χ1) is 16.4. The van der Waals surface area contributed by atoms with Crippen LogP contribution in [0, 0.1) is 5.82 Å². The average Bonchev–Trinajstić information content (AvgIpc) is 3.29. The molecule has 7 nitrogen and oxygen atoms in total. The molecule has 0 atom stereocenters. The summed E-state index contributed by atoms with van der Waals surface area (Å²) < 4.78 is 25.0. The predicted octanol–water partition coefficient (Wildman–Crippen LogP) is 4.39. The van der Waals surface area contributed by atoms with Gasteiger partial charge in [0.1, 0.15) is 10.7 Å². The minimum absolute atomic E-state index is 0.216. The van der Waals surface area contributed by atoms with Crippen molar-refractivity contribution in [3.63, 3.8) is 0 Å². The molecule has 2 aromatic carbocycles. The number of morpholine rings is 1. The first kappa shape index (κ1) is 23.6. The number of carbonyl (C=O) groups excluding carboxylic acids is 3. The number of esters is 1. The number of amides is 1. The van der Waals surface area contributed by atoms with Crippen LogP contribution in [0.15, 0.2) is 54.6 Å². The maximum absolute atomic E-state index is 14.3. The van der Waals surface area contributed by atoms with E-state index in [1.165, 1.54) is 30.4 Å². The van der Waals surface area contributed by atoms with Gasteiger partial charge in [-0.1, -0.05) is 30.3 Å². The van der Waals surface area contributed by atoms with Crippen molar-refractivity contribution >= 4 is 39.7 Å². The second-order valence-electron chi connectivity index (χ2n) is 7.67. The van der Waals surface area contributed by atoms with E-state index >= 15 is 0 Å². The third-order valence-corrected chi connectivity index (χ3v) is 6.40. The van der Waals surface area contributed by atoms with Gasteiger partial charge in [0.2, 0.25) is 11.7 Å². The van der Waals surface area contributed by atoms with Gasteiger partial charge in [-0.05, 0) is 29.8 Å². The quantitative estimate of drug-likeness (QED) is 0.397. The topological polar surface area (TPSA) is 84.9 Å². The van der Waals surface area contributed by atoms with E-state index in [1.54, 1.807) is 6.07 Å². The number of ketones is 1. The Kier molecular flexibility index (Phi) is 7.34. The fraction of sp³-hybridized carbons (Fsp3) is 0.240. The molecule has 176 valence electrons. The Morgan fingerprint density at radius 2 is 1.82 bits per heavy atom. The van der Waals surface area contributed by atoms with Crippen LogP contribution in [0.3, 0.4) is 0 Å². The molecule has 1 aromatic heterocycles. The minimum atomic E-state index is -0.801. The summed E-state index contributed by atoms with van der Waals surface area (Å²) in [5, 5.41) is 3.38. The number of hydrogen-bond donors (Lipinski definition) is 1. The molecular weight excluding hydrogens is 459 g/mol. The van der Waals surface area contributed by atoms with Crippen molar-refractivity contribution < 1.29 is 28.2 Å². The molecule has 4 rings (SSSR count). The van der Waals surface area contributed by atoms with Gasteiger partial charge in [0.25, 0.3) is 0 Å². The number of benzene rings is 2. The number of anilines is 2. The first-order valence-electron chi connectivity index (χ1n) is 10.7. The summed E-state index contributed by atoms with van der Waals surface area (Å²) in [6.07, 6.45) is 0. The Balaban J connectivity index is 1.49. The zero-order valence-corrected chi connectivity index (χ0v) is 19.3. The number of rotatable bonds is 7. The van der Waals surface area contributed by atoms with Crippen molar-refractivity contribution in [2.75, 3.05) is 43.1 Å². The number of hydrogen-bond acceptors (Lipinski definition) is 7. The summed E-state index contributed by atoms with van der Waals surface area (Å²) in [6.45, 7) is 3.33. The van der Waals surface area contributed by atoms with E-state index < -0.39 is 24.2 Å². The van der Waals surface area contributed by atoms with E-state index in [2.05, 4.69) is 10.2 Å². The van der Waals surface area contributed by atoms with E-state index in [-0.39, 0.29) is 17.2 Å². The normalized spacial score (nSPS) is 13.4. The van der Waals surface area contributed by atoms with Crippen molar-refractivity contribution in [3.8, 4) is 11.1 Å². The van der Waals surface area contributed by atoms with Crippen molar-refractivity contribution in [1.82, 2.24) is 0 Å². The second kappa shape index (κ2) is 10.6. The Morgan fingerprint density at radius 1 is 1.09 bits per heavy atom. The van der Waals surface area contributed by atoms with Crippen LogP contribution in [-0.4, -0.2) is 50.6 Å². The Labute approximate surface area is 200 Å². The molecule has 2 heterocycles. The molecule has 1 N–H and O–H groups in total. The molecule has 1 fully saturated rings. The van der Waals surface area contributed by atoms with Gasteiger partial charge in [-0.15, -0.1) is 11.3 Å². The number of ether oxygens (including phenoxy) is 2. The molecule has 0 aliphatic carbocycles. The molecule has 0 unspecified atom stereocenters. The summed E-state index contributed by atoms with van der Waals surface area (Å²) >= 11 is 1.30. The maximum Gasteiger partial charge on any atom is 0.348 e. The summed E-state index contributed by atoms with van der Waals surface area (Å²) in [5.41, 5.74) is 1.90. The summed E-state index contributed by atoms with van der Waals surface area (Å²) in [5.74, 6) is -2.47. The average molecular weight is 483 g/mol. The minimum Gasteiger partial charge on any atom is -0.453 e. The lowest BCUT2D eigenvalue weighted by Crippen LogP contribution is -2.35. The predicted molar refractivity (Wildman–Crippen MR) is 128 cm³/mol. The van der Waals surface area contributed by atoms with E-state index in [0.717, 1.165) is 22.2 Å². The number of Topliss-reactive ketones (excluding diaryl/α,β-unsaturated/α-hetero) is 1. The zero-order valence-electron chi connectivity index (χ0n) is 18.5. The Bertz CT molecular complexity index is 1210. The number of halogens is 1. The summed E-state index contributed by atoms with van der Waals surface area (Å²) in [6, 6.07) is 15.2. The van der Waals surface area contributed by atoms with Crippen molar-refractivity contribution in [3.05, 3.63) is 70.9 Å². The molecule has 1 saturated heterocycles. The highest BCUT2D eigenvalue weighted by Gasteiger charge is 2.23. The highest BCUT2D eigenvalue weighted by Crippen LogP contribution is 2.39. The summed E-state index contributed by atoms with van der Waals surface area (Å²) in [4.78, 5) is 38.9. The molecule has 0 bridgehead atoms. The molecule has 1 aliphatic heterocycles. The fourth-order valence-corrected chi connectivity index (χ4v) is 4.74. The molecule has 0 saturated carbocycles. The molecule has 1 amide bonds. The van der Waals surface area contributed by atoms with E-state index in [4.69, 9.17) is 9.47 Å². The molecule has 34 heavy (non-hydrogen) atoms. The highest BCUT2D eigenvalue weighted by atomic mass is 32.1. The van der Waals surface area contributed by atoms with Crippen LogP contribution in [0.4, 0.5) is 15.1 Å². The second-order valence-corrected chi connectivity index (χ2v) is 8.70. The number of thiophene rings is 1.